The minimum Gasteiger partial charge on any atom is -0.355 e. The number of hydrogen-bond donors (Lipinski definition) is 3. The van der Waals surface area contributed by atoms with Crippen LogP contribution in [-0.2, 0) is 9.59 Å². The molecular formula is C7H14N2O2S. The molecule has 0 saturated heterocycles. The second-order valence-electron chi connectivity index (χ2n) is 2.53. The molecule has 0 heterocycles. The Morgan fingerprint density at radius 2 is 1.50 bits per heavy atom. The number of carbonyl (C=O) groups is 2. The van der Waals surface area contributed by atoms with E-state index >= 15 is 0 Å². The van der Waals surface area contributed by atoms with Crippen LogP contribution in [0.3, 0.4) is 0 Å². The maximum atomic E-state index is 10.5. The molecule has 0 atom stereocenters. The van der Waals surface area contributed by atoms with Crippen molar-refractivity contribution < 1.29 is 9.59 Å². The van der Waals surface area contributed by atoms with E-state index in [-0.39, 0.29) is 17.1 Å². The van der Waals surface area contributed by atoms with Crippen molar-refractivity contribution in [1.29, 1.82) is 0 Å². The first-order chi connectivity index (χ1) is 5.52. The van der Waals surface area contributed by atoms with Gasteiger partial charge in [-0.15, -0.1) is 0 Å². The molecule has 0 unspecified atom stereocenters. The zero-order chi connectivity index (χ0) is 9.56. The lowest BCUT2D eigenvalue weighted by Crippen LogP contribution is -2.35. The van der Waals surface area contributed by atoms with E-state index in [1.54, 1.807) is 0 Å². The lowest BCUT2D eigenvalue weighted by molar-refractivity contribution is -0.119. The van der Waals surface area contributed by atoms with E-state index < -0.39 is 0 Å². The van der Waals surface area contributed by atoms with Crippen molar-refractivity contribution in [1.82, 2.24) is 10.6 Å². The Balaban J connectivity index is 3.39. The Hall–Kier alpha value is -0.710. The molecule has 2 N–H and O–H groups in total. The van der Waals surface area contributed by atoms with Crippen LogP contribution in [0.1, 0.15) is 13.8 Å². The minimum absolute atomic E-state index is 0.0298. The molecule has 2 amide bonds. The van der Waals surface area contributed by atoms with Gasteiger partial charge in [0.2, 0.25) is 11.8 Å². The van der Waals surface area contributed by atoms with Crippen LogP contribution in [0.4, 0.5) is 0 Å². The molecule has 0 aromatic rings. The van der Waals surface area contributed by atoms with Gasteiger partial charge >= 0.3 is 0 Å². The number of hydrogen-bond acceptors (Lipinski definition) is 3. The van der Waals surface area contributed by atoms with Gasteiger partial charge < -0.3 is 10.6 Å². The zero-order valence-corrected chi connectivity index (χ0v) is 8.15. The average molecular weight is 190 g/mol. The maximum absolute atomic E-state index is 10.5. The zero-order valence-electron chi connectivity index (χ0n) is 7.26. The van der Waals surface area contributed by atoms with Crippen LogP contribution in [0.15, 0.2) is 0 Å². The highest BCUT2D eigenvalue weighted by Gasteiger charge is 2.03. The largest absolute Gasteiger partial charge is 0.355 e. The predicted octanol–water partition coefficient (Wildman–Crippen LogP) is -0.443. The summed E-state index contributed by atoms with van der Waals surface area (Å²) in [5, 5.41) is 5.17. The summed E-state index contributed by atoms with van der Waals surface area (Å²) in [6, 6.07) is 0. The lowest BCUT2D eigenvalue weighted by atomic mass is 10.4. The summed E-state index contributed by atoms with van der Waals surface area (Å²) >= 11 is 4.15. The van der Waals surface area contributed by atoms with Gasteiger partial charge in [0.15, 0.2) is 0 Å². The number of amides is 2. The van der Waals surface area contributed by atoms with Gasteiger partial charge in [-0.3, -0.25) is 9.59 Å². The highest BCUT2D eigenvalue weighted by Crippen LogP contribution is 1.89. The van der Waals surface area contributed by atoms with Crippen LogP contribution in [-0.4, -0.2) is 30.2 Å². The van der Waals surface area contributed by atoms with Crippen molar-refractivity contribution in [2.24, 2.45) is 0 Å². The summed E-state index contributed by atoms with van der Waals surface area (Å²) in [6.07, 6.45) is 0. The van der Waals surface area contributed by atoms with Gasteiger partial charge in [0.25, 0.3) is 0 Å². The Kier molecular flexibility index (Phi) is 5.53. The number of thiol groups is 1. The highest BCUT2D eigenvalue weighted by atomic mass is 32.1. The molecular weight excluding hydrogens is 176 g/mol. The fraction of sp³-hybridized carbons (Fsp3) is 0.714. The molecule has 0 spiro atoms. The number of nitrogens with one attached hydrogen (secondary N) is 2. The summed E-state index contributed by atoms with van der Waals surface area (Å²) in [7, 11) is 0. The van der Waals surface area contributed by atoms with Crippen LogP contribution in [0, 0.1) is 0 Å². The smallest absolute Gasteiger partial charge is 0.216 e. The maximum Gasteiger partial charge on any atom is 0.216 e. The van der Waals surface area contributed by atoms with E-state index in [2.05, 4.69) is 23.3 Å². The molecule has 70 valence electrons. The average Bonchev–Trinajstić information content (AvgIpc) is 1.96. The van der Waals surface area contributed by atoms with Crippen molar-refractivity contribution in [3.8, 4) is 0 Å². The van der Waals surface area contributed by atoms with Gasteiger partial charge in [-0.2, -0.15) is 12.6 Å². The molecule has 0 saturated carbocycles. The monoisotopic (exact) mass is 190 g/mol. The van der Waals surface area contributed by atoms with Crippen LogP contribution in [0.5, 0.6) is 0 Å². The molecule has 0 fully saturated rings. The Bertz CT molecular complexity index is 155. The van der Waals surface area contributed by atoms with Crippen molar-refractivity contribution in [3.63, 3.8) is 0 Å². The molecule has 0 rings (SSSR count). The van der Waals surface area contributed by atoms with Gasteiger partial charge in [-0.1, -0.05) is 0 Å². The van der Waals surface area contributed by atoms with E-state index in [4.69, 9.17) is 0 Å². The molecule has 0 bridgehead atoms. The normalized spacial score (nSPS) is 9.67. The predicted molar refractivity (Wildman–Crippen MR) is 50.1 cm³/mol. The van der Waals surface area contributed by atoms with Gasteiger partial charge in [0.05, 0.1) is 0 Å². The third-order valence-electron chi connectivity index (χ3n) is 1.17. The van der Waals surface area contributed by atoms with E-state index in [0.29, 0.717) is 13.1 Å². The first-order valence-electron chi connectivity index (χ1n) is 3.69. The molecule has 0 aliphatic carbocycles. The van der Waals surface area contributed by atoms with Gasteiger partial charge in [0, 0.05) is 32.2 Å². The molecule has 0 aliphatic heterocycles. The standard InChI is InChI=1S/C7H14N2O2S/c1-5(10)8-3-7(12)4-9-6(2)11/h7,12H,3-4H2,1-2H3,(H,8,10)(H,9,11). The third-order valence-corrected chi connectivity index (χ3v) is 1.54. The van der Waals surface area contributed by atoms with E-state index in [1.807, 2.05) is 0 Å². The molecule has 0 aromatic carbocycles. The molecule has 5 heteroatoms. The topological polar surface area (TPSA) is 58.2 Å². The molecule has 12 heavy (non-hydrogen) atoms. The van der Waals surface area contributed by atoms with E-state index in [0.717, 1.165) is 0 Å². The summed E-state index contributed by atoms with van der Waals surface area (Å²) < 4.78 is 0. The first-order valence-corrected chi connectivity index (χ1v) is 4.21. The van der Waals surface area contributed by atoms with Crippen LogP contribution < -0.4 is 10.6 Å². The summed E-state index contributed by atoms with van der Waals surface area (Å²) in [5.74, 6) is -0.172. The second kappa shape index (κ2) is 5.88. The molecule has 0 radical (unpaired) electrons. The minimum atomic E-state index is -0.0862. The van der Waals surface area contributed by atoms with E-state index in [9.17, 15) is 9.59 Å². The quantitative estimate of drug-likeness (QED) is 0.526. The van der Waals surface area contributed by atoms with Gasteiger partial charge in [-0.05, 0) is 0 Å². The SMILES string of the molecule is CC(=O)NCC(S)CNC(C)=O. The summed E-state index contributed by atoms with van der Waals surface area (Å²) in [4.78, 5) is 20.9. The highest BCUT2D eigenvalue weighted by molar-refractivity contribution is 7.81. The molecule has 4 nitrogen and oxygen atoms in total. The Morgan fingerprint density at radius 3 is 1.75 bits per heavy atom. The Labute approximate surface area is 77.5 Å². The fourth-order valence-electron chi connectivity index (χ4n) is 0.595. The van der Waals surface area contributed by atoms with Crippen LogP contribution in [0.2, 0.25) is 0 Å². The van der Waals surface area contributed by atoms with Crippen molar-refractivity contribution in [2.45, 2.75) is 19.1 Å². The van der Waals surface area contributed by atoms with Crippen molar-refractivity contribution >= 4 is 24.4 Å². The number of rotatable bonds is 4. The number of carbonyl (C=O) groups excluding carboxylic acids is 2. The lowest BCUT2D eigenvalue weighted by Gasteiger charge is -2.10. The van der Waals surface area contributed by atoms with Crippen molar-refractivity contribution in [3.05, 3.63) is 0 Å². The first kappa shape index (κ1) is 11.3. The van der Waals surface area contributed by atoms with Crippen LogP contribution in [0.25, 0.3) is 0 Å². The summed E-state index contributed by atoms with van der Waals surface area (Å²) in [5.41, 5.74) is 0. The molecule has 0 aliphatic rings. The van der Waals surface area contributed by atoms with Crippen LogP contribution >= 0.6 is 12.6 Å². The van der Waals surface area contributed by atoms with Gasteiger partial charge in [-0.25, -0.2) is 0 Å². The summed E-state index contributed by atoms with van der Waals surface area (Å²) in [6.45, 7) is 3.83. The van der Waals surface area contributed by atoms with Crippen molar-refractivity contribution in [2.75, 3.05) is 13.1 Å². The fourth-order valence-corrected chi connectivity index (χ4v) is 0.778. The Morgan fingerprint density at radius 1 is 1.17 bits per heavy atom. The third kappa shape index (κ3) is 7.40. The van der Waals surface area contributed by atoms with Gasteiger partial charge in [0.1, 0.15) is 0 Å². The second-order valence-corrected chi connectivity index (χ2v) is 3.26. The molecule has 0 aromatic heterocycles. The van der Waals surface area contributed by atoms with E-state index in [1.165, 1.54) is 13.8 Å².